The van der Waals surface area contributed by atoms with Crippen LogP contribution < -0.4 is 0 Å². The Morgan fingerprint density at radius 3 is 1.79 bits per heavy atom. The maximum Gasteiger partial charge on any atom is 0.164 e. The van der Waals surface area contributed by atoms with Crippen molar-refractivity contribution >= 4 is 43.7 Å². The van der Waals surface area contributed by atoms with Crippen molar-refractivity contribution in [2.45, 2.75) is 0 Å². The fraction of sp³-hybridized carbons (Fsp3) is 0. The van der Waals surface area contributed by atoms with Gasteiger partial charge in [0.2, 0.25) is 0 Å². The molecule has 0 amide bonds. The number of hydrogen-bond donors (Lipinski definition) is 0. The number of benzene rings is 7. The number of nitrogens with zero attached hydrogens (tertiary/aromatic N) is 5. The number of furan rings is 1. The molecule has 52 heavy (non-hydrogen) atoms. The molecule has 10 rings (SSSR count). The lowest BCUT2D eigenvalue weighted by atomic mass is 10.00. The number of rotatable bonds is 5. The van der Waals surface area contributed by atoms with Gasteiger partial charge in [0.15, 0.2) is 17.5 Å². The fourth-order valence-electron chi connectivity index (χ4n) is 7.23. The quantitative estimate of drug-likeness (QED) is 0.183. The van der Waals surface area contributed by atoms with Gasteiger partial charge in [-0.15, -0.1) is 0 Å². The van der Waals surface area contributed by atoms with Gasteiger partial charge in [-0.1, -0.05) is 115 Å². The molecule has 0 saturated heterocycles. The molecule has 0 bridgehead atoms. The summed E-state index contributed by atoms with van der Waals surface area (Å²) in [7, 11) is 0. The smallest absolute Gasteiger partial charge is 0.164 e. The monoisotopic (exact) mass is 665 g/mol. The first-order valence-electron chi connectivity index (χ1n) is 17.1. The third kappa shape index (κ3) is 4.84. The molecule has 0 unspecified atom stereocenters. The van der Waals surface area contributed by atoms with E-state index in [1.807, 2.05) is 109 Å². The Kier molecular flexibility index (Phi) is 6.76. The summed E-state index contributed by atoms with van der Waals surface area (Å²) in [5, 5.41) is 14.1. The third-order valence-electron chi connectivity index (χ3n) is 9.67. The van der Waals surface area contributed by atoms with Gasteiger partial charge in [-0.3, -0.25) is 0 Å². The molecule has 0 N–H and O–H groups in total. The van der Waals surface area contributed by atoms with Gasteiger partial charge >= 0.3 is 0 Å². The SMILES string of the molecule is N#Cc1ccc2c(c1)c1cc(-c3cccc4c3oc3ccccc34)ccc1n2-c1cccc(-c2nc(-c3ccccc3)nc(-c3ccccc3)n2)c1. The van der Waals surface area contributed by atoms with E-state index in [1.54, 1.807) is 0 Å². The largest absolute Gasteiger partial charge is 0.455 e. The second-order valence-corrected chi connectivity index (χ2v) is 12.8. The number of para-hydroxylation sites is 2. The van der Waals surface area contributed by atoms with Crippen molar-refractivity contribution in [1.82, 2.24) is 19.5 Å². The first-order chi connectivity index (χ1) is 25.7. The van der Waals surface area contributed by atoms with Gasteiger partial charge < -0.3 is 8.98 Å². The molecule has 3 aromatic heterocycles. The van der Waals surface area contributed by atoms with E-state index < -0.39 is 0 Å². The van der Waals surface area contributed by atoms with E-state index in [-0.39, 0.29) is 0 Å². The Labute approximate surface area is 298 Å². The van der Waals surface area contributed by atoms with Crippen LogP contribution in [0.25, 0.3) is 94.7 Å². The van der Waals surface area contributed by atoms with Crippen LogP contribution in [0.3, 0.4) is 0 Å². The maximum atomic E-state index is 9.90. The van der Waals surface area contributed by atoms with Gasteiger partial charge in [-0.05, 0) is 54.1 Å². The Morgan fingerprint density at radius 2 is 1.06 bits per heavy atom. The normalized spacial score (nSPS) is 11.4. The Balaban J connectivity index is 1.16. The molecule has 0 fully saturated rings. The zero-order valence-electron chi connectivity index (χ0n) is 27.7. The summed E-state index contributed by atoms with van der Waals surface area (Å²) < 4.78 is 8.66. The lowest BCUT2D eigenvalue weighted by molar-refractivity contribution is 0.670. The Bertz CT molecular complexity index is 2970. The summed E-state index contributed by atoms with van der Waals surface area (Å²) in [5.74, 6) is 1.81. The van der Waals surface area contributed by atoms with Gasteiger partial charge in [0.25, 0.3) is 0 Å². The molecule has 7 aromatic carbocycles. The minimum Gasteiger partial charge on any atom is -0.455 e. The molecule has 0 spiro atoms. The van der Waals surface area contributed by atoms with E-state index in [0.29, 0.717) is 23.0 Å². The van der Waals surface area contributed by atoms with Crippen LogP contribution in [-0.4, -0.2) is 19.5 Å². The zero-order valence-corrected chi connectivity index (χ0v) is 27.7. The van der Waals surface area contributed by atoms with E-state index in [1.165, 1.54) is 0 Å². The molecule has 6 nitrogen and oxygen atoms in total. The second-order valence-electron chi connectivity index (χ2n) is 12.8. The number of hydrogen-bond acceptors (Lipinski definition) is 5. The molecule has 6 heteroatoms. The van der Waals surface area contributed by atoms with Gasteiger partial charge in [0.1, 0.15) is 11.2 Å². The lowest BCUT2D eigenvalue weighted by Gasteiger charge is -2.12. The van der Waals surface area contributed by atoms with Crippen LogP contribution in [0.4, 0.5) is 0 Å². The molecule has 0 aliphatic rings. The molecule has 242 valence electrons. The zero-order chi connectivity index (χ0) is 34.6. The molecule has 0 aliphatic heterocycles. The molecule has 10 aromatic rings. The topological polar surface area (TPSA) is 80.5 Å². The van der Waals surface area contributed by atoms with E-state index in [2.05, 4.69) is 65.2 Å². The van der Waals surface area contributed by atoms with Crippen LogP contribution in [-0.2, 0) is 0 Å². The van der Waals surface area contributed by atoms with Gasteiger partial charge in [-0.25, -0.2) is 15.0 Å². The van der Waals surface area contributed by atoms with Gasteiger partial charge in [0.05, 0.1) is 22.7 Å². The van der Waals surface area contributed by atoms with Crippen molar-refractivity contribution in [1.29, 1.82) is 5.26 Å². The molecular weight excluding hydrogens is 639 g/mol. The predicted octanol–water partition coefficient (Wildman–Crippen LogP) is 11.4. The Morgan fingerprint density at radius 1 is 0.462 bits per heavy atom. The first-order valence-corrected chi connectivity index (χ1v) is 17.1. The lowest BCUT2D eigenvalue weighted by Crippen LogP contribution is -2.01. The standard InChI is InChI=1S/C46H27N5O/c47-28-29-21-23-40-38(25-29)39-27-32(35-18-10-19-37-36-17-7-8-20-42(36)52-43(35)37)22-24-41(39)51(40)34-16-9-15-33(26-34)46-49-44(30-11-3-1-4-12-30)48-45(50-46)31-13-5-2-6-14-31/h1-27H. The van der Waals surface area contributed by atoms with Crippen molar-refractivity contribution in [3.05, 3.63) is 169 Å². The highest BCUT2D eigenvalue weighted by Gasteiger charge is 2.18. The first kappa shape index (κ1) is 29.5. The Hall–Kier alpha value is -7.36. The summed E-state index contributed by atoms with van der Waals surface area (Å²) in [6.45, 7) is 0. The number of fused-ring (bicyclic) bond motifs is 6. The molecule has 0 atom stereocenters. The van der Waals surface area contributed by atoms with Crippen molar-refractivity contribution in [3.8, 4) is 57.0 Å². The van der Waals surface area contributed by atoms with E-state index in [4.69, 9.17) is 19.4 Å². The van der Waals surface area contributed by atoms with Crippen molar-refractivity contribution in [2.24, 2.45) is 0 Å². The summed E-state index contributed by atoms with van der Waals surface area (Å²) in [6.07, 6.45) is 0. The van der Waals surface area contributed by atoms with Gasteiger partial charge in [-0.2, -0.15) is 5.26 Å². The average molecular weight is 666 g/mol. The van der Waals surface area contributed by atoms with Crippen molar-refractivity contribution in [2.75, 3.05) is 0 Å². The number of aromatic nitrogens is 4. The summed E-state index contributed by atoms with van der Waals surface area (Å²) in [4.78, 5) is 14.8. The van der Waals surface area contributed by atoms with Crippen LogP contribution >= 0.6 is 0 Å². The third-order valence-corrected chi connectivity index (χ3v) is 9.67. The maximum absolute atomic E-state index is 9.90. The summed E-state index contributed by atoms with van der Waals surface area (Å²) >= 11 is 0. The highest BCUT2D eigenvalue weighted by Crippen LogP contribution is 2.40. The van der Waals surface area contributed by atoms with Crippen LogP contribution in [0, 0.1) is 11.3 Å². The minimum atomic E-state index is 0.586. The molecule has 0 saturated carbocycles. The van der Waals surface area contributed by atoms with Crippen LogP contribution in [0.5, 0.6) is 0 Å². The highest BCUT2D eigenvalue weighted by molar-refractivity contribution is 6.13. The number of nitriles is 1. The second kappa shape index (κ2) is 11.9. The van der Waals surface area contributed by atoms with E-state index in [0.717, 1.165) is 77.2 Å². The van der Waals surface area contributed by atoms with Crippen molar-refractivity contribution in [3.63, 3.8) is 0 Å². The minimum absolute atomic E-state index is 0.586. The highest BCUT2D eigenvalue weighted by atomic mass is 16.3. The van der Waals surface area contributed by atoms with Gasteiger partial charge in [0, 0.05) is 49.5 Å². The van der Waals surface area contributed by atoms with E-state index in [9.17, 15) is 5.26 Å². The molecule has 0 aliphatic carbocycles. The predicted molar refractivity (Wildman–Crippen MR) is 208 cm³/mol. The van der Waals surface area contributed by atoms with Crippen LogP contribution in [0.1, 0.15) is 5.56 Å². The average Bonchev–Trinajstić information content (AvgIpc) is 3.76. The summed E-state index contributed by atoms with van der Waals surface area (Å²) in [5.41, 5.74) is 10.1. The molecule has 0 radical (unpaired) electrons. The van der Waals surface area contributed by atoms with Crippen LogP contribution in [0.15, 0.2) is 168 Å². The van der Waals surface area contributed by atoms with Crippen LogP contribution in [0.2, 0.25) is 0 Å². The molecular formula is C46H27N5O. The molecule has 3 heterocycles. The van der Waals surface area contributed by atoms with Crippen molar-refractivity contribution < 1.29 is 4.42 Å². The summed E-state index contributed by atoms with van der Waals surface area (Å²) in [6, 6.07) is 57.5. The fourth-order valence-corrected chi connectivity index (χ4v) is 7.23. The van der Waals surface area contributed by atoms with E-state index >= 15 is 0 Å².